The second-order valence-corrected chi connectivity index (χ2v) is 9.20. The number of fused-ring (bicyclic) bond motifs is 2. The molecule has 0 unspecified atom stereocenters. The Labute approximate surface area is 190 Å². The van der Waals surface area contributed by atoms with Gasteiger partial charge in [-0.25, -0.2) is 4.39 Å². The number of ether oxygens (including phenoxy) is 1. The Kier molecular flexibility index (Phi) is 5.47. The van der Waals surface area contributed by atoms with Crippen LogP contribution in [0.1, 0.15) is 31.2 Å². The highest BCUT2D eigenvalue weighted by atomic mass is 32.2. The molecule has 0 saturated heterocycles. The number of para-hydroxylation sites is 2. The van der Waals surface area contributed by atoms with Crippen LogP contribution in [0.4, 0.5) is 15.8 Å². The van der Waals surface area contributed by atoms with E-state index in [4.69, 9.17) is 4.74 Å². The van der Waals surface area contributed by atoms with Crippen LogP contribution in [0.15, 0.2) is 82.6 Å². The van der Waals surface area contributed by atoms with Crippen LogP contribution in [0.5, 0.6) is 0 Å². The van der Waals surface area contributed by atoms with E-state index in [1.807, 2.05) is 48.5 Å². The molecule has 6 heteroatoms. The van der Waals surface area contributed by atoms with E-state index < -0.39 is 23.8 Å². The minimum Gasteiger partial charge on any atom is -0.455 e. The van der Waals surface area contributed by atoms with Crippen LogP contribution >= 0.6 is 11.8 Å². The zero-order valence-corrected chi connectivity index (χ0v) is 18.2. The normalized spacial score (nSPS) is 16.2. The molecule has 1 saturated carbocycles. The SMILES string of the molecule is O=C(COC(=O)C1(c2ccccc2F)CCCC1)N1c2ccccc2Sc2ccccc21. The number of esters is 1. The number of hydrogen-bond acceptors (Lipinski definition) is 4. The van der Waals surface area contributed by atoms with Gasteiger partial charge in [-0.1, -0.05) is 67.1 Å². The Morgan fingerprint density at radius 1 is 0.875 bits per heavy atom. The van der Waals surface area contributed by atoms with Gasteiger partial charge in [-0.2, -0.15) is 0 Å². The number of benzene rings is 3. The van der Waals surface area contributed by atoms with Gasteiger partial charge >= 0.3 is 5.97 Å². The monoisotopic (exact) mass is 447 g/mol. The van der Waals surface area contributed by atoms with Gasteiger partial charge in [-0.05, 0) is 43.2 Å². The summed E-state index contributed by atoms with van der Waals surface area (Å²) in [4.78, 5) is 30.1. The predicted octanol–water partition coefficient (Wildman–Crippen LogP) is 6.01. The Bertz CT molecular complexity index is 1140. The van der Waals surface area contributed by atoms with Crippen LogP contribution in [0.25, 0.3) is 0 Å². The molecule has 162 valence electrons. The lowest BCUT2D eigenvalue weighted by atomic mass is 9.78. The third-order valence-electron chi connectivity index (χ3n) is 6.25. The standard InChI is InChI=1S/C26H22FNO3S/c27-19-10-2-1-9-18(19)26(15-7-8-16-26)25(30)31-17-24(29)28-20-11-3-5-13-22(20)32-23-14-6-4-12-21(23)28/h1-6,9-14H,7-8,15-17H2. The molecule has 4 nitrogen and oxygen atoms in total. The Morgan fingerprint density at radius 2 is 1.44 bits per heavy atom. The number of carbonyl (C=O) groups excluding carboxylic acids is 2. The summed E-state index contributed by atoms with van der Waals surface area (Å²) in [5.74, 6) is -1.27. The van der Waals surface area contributed by atoms with Gasteiger partial charge in [0.05, 0.1) is 16.8 Å². The van der Waals surface area contributed by atoms with Crippen LogP contribution < -0.4 is 4.90 Å². The highest BCUT2D eigenvalue weighted by Gasteiger charge is 2.46. The second kappa shape index (κ2) is 8.43. The van der Waals surface area contributed by atoms with E-state index in [-0.39, 0.29) is 5.91 Å². The molecular weight excluding hydrogens is 425 g/mol. The van der Waals surface area contributed by atoms with Gasteiger partial charge < -0.3 is 4.74 Å². The number of halogens is 1. The third kappa shape index (κ3) is 3.48. The van der Waals surface area contributed by atoms with Crippen molar-refractivity contribution in [2.24, 2.45) is 0 Å². The third-order valence-corrected chi connectivity index (χ3v) is 7.38. The molecule has 1 aliphatic carbocycles. The van der Waals surface area contributed by atoms with Crippen molar-refractivity contribution < 1.29 is 18.7 Å². The highest BCUT2D eigenvalue weighted by molar-refractivity contribution is 7.99. The number of anilines is 2. The molecule has 0 spiro atoms. The molecule has 0 atom stereocenters. The molecule has 0 radical (unpaired) electrons. The summed E-state index contributed by atoms with van der Waals surface area (Å²) in [6.45, 7) is -0.400. The molecule has 0 bridgehead atoms. The fourth-order valence-electron chi connectivity index (χ4n) is 4.71. The zero-order valence-electron chi connectivity index (χ0n) is 17.4. The van der Waals surface area contributed by atoms with Gasteiger partial charge in [0.2, 0.25) is 0 Å². The topological polar surface area (TPSA) is 46.6 Å². The molecule has 2 aliphatic rings. The van der Waals surface area contributed by atoms with Crippen molar-refractivity contribution in [1.82, 2.24) is 0 Å². The van der Waals surface area contributed by atoms with Gasteiger partial charge in [-0.3, -0.25) is 14.5 Å². The van der Waals surface area contributed by atoms with Crippen molar-refractivity contribution >= 4 is 35.0 Å². The fraction of sp³-hybridized carbons (Fsp3) is 0.231. The van der Waals surface area contributed by atoms with Crippen molar-refractivity contribution in [2.75, 3.05) is 11.5 Å². The maximum Gasteiger partial charge on any atom is 0.317 e. The van der Waals surface area contributed by atoms with Gasteiger partial charge in [0.1, 0.15) is 5.82 Å². The largest absolute Gasteiger partial charge is 0.455 e. The first-order valence-electron chi connectivity index (χ1n) is 10.7. The van der Waals surface area contributed by atoms with Crippen LogP contribution in [0.2, 0.25) is 0 Å². The van der Waals surface area contributed by atoms with Gasteiger partial charge in [0, 0.05) is 15.4 Å². The molecule has 1 amide bonds. The summed E-state index contributed by atoms with van der Waals surface area (Å²) >= 11 is 1.60. The minimum atomic E-state index is -1.03. The van der Waals surface area contributed by atoms with E-state index in [0.717, 1.165) is 34.0 Å². The summed E-state index contributed by atoms with van der Waals surface area (Å²) < 4.78 is 20.2. The molecule has 0 aromatic heterocycles. The van der Waals surface area contributed by atoms with E-state index in [0.29, 0.717) is 18.4 Å². The average Bonchev–Trinajstić information content (AvgIpc) is 3.32. The number of hydrogen-bond donors (Lipinski definition) is 0. The molecular formula is C26H22FNO3S. The maximum absolute atomic E-state index is 14.6. The summed E-state index contributed by atoms with van der Waals surface area (Å²) in [7, 11) is 0. The molecule has 0 N–H and O–H groups in total. The van der Waals surface area contributed by atoms with Crippen LogP contribution in [-0.2, 0) is 19.7 Å². The van der Waals surface area contributed by atoms with E-state index in [1.165, 1.54) is 6.07 Å². The van der Waals surface area contributed by atoms with Gasteiger partial charge in [0.15, 0.2) is 6.61 Å². The highest BCUT2D eigenvalue weighted by Crippen LogP contribution is 2.48. The lowest BCUT2D eigenvalue weighted by molar-refractivity contribution is -0.153. The molecule has 1 aliphatic heterocycles. The smallest absolute Gasteiger partial charge is 0.317 e. The number of amides is 1. The Hall–Kier alpha value is -3.12. The zero-order chi connectivity index (χ0) is 22.1. The van der Waals surface area contributed by atoms with Crippen molar-refractivity contribution in [3.05, 3.63) is 84.2 Å². The van der Waals surface area contributed by atoms with E-state index in [1.54, 1.807) is 34.9 Å². The first kappa shape index (κ1) is 20.8. The molecule has 32 heavy (non-hydrogen) atoms. The summed E-state index contributed by atoms with van der Waals surface area (Å²) in [6.07, 6.45) is 2.68. The van der Waals surface area contributed by atoms with E-state index in [2.05, 4.69) is 0 Å². The molecule has 1 fully saturated rings. The molecule has 1 heterocycles. The quantitative estimate of drug-likeness (QED) is 0.460. The van der Waals surface area contributed by atoms with E-state index >= 15 is 0 Å². The average molecular weight is 448 g/mol. The molecule has 3 aromatic carbocycles. The molecule has 5 rings (SSSR count). The number of nitrogens with zero attached hydrogens (tertiary/aromatic N) is 1. The first-order chi connectivity index (χ1) is 15.6. The number of rotatable bonds is 4. The Morgan fingerprint density at radius 3 is 2.06 bits per heavy atom. The van der Waals surface area contributed by atoms with Crippen LogP contribution in [-0.4, -0.2) is 18.5 Å². The van der Waals surface area contributed by atoms with Crippen LogP contribution in [0, 0.1) is 5.82 Å². The van der Waals surface area contributed by atoms with Gasteiger partial charge in [-0.15, -0.1) is 0 Å². The lowest BCUT2D eigenvalue weighted by Crippen LogP contribution is -2.39. The Balaban J connectivity index is 1.41. The minimum absolute atomic E-state index is 0.333. The van der Waals surface area contributed by atoms with E-state index in [9.17, 15) is 14.0 Å². The summed E-state index contributed by atoms with van der Waals surface area (Å²) in [5, 5.41) is 0. The predicted molar refractivity (Wildman–Crippen MR) is 122 cm³/mol. The number of carbonyl (C=O) groups is 2. The van der Waals surface area contributed by atoms with Gasteiger partial charge in [0.25, 0.3) is 5.91 Å². The van der Waals surface area contributed by atoms with Crippen molar-refractivity contribution in [3.8, 4) is 0 Å². The lowest BCUT2D eigenvalue weighted by Gasteiger charge is -2.32. The van der Waals surface area contributed by atoms with Crippen molar-refractivity contribution in [3.63, 3.8) is 0 Å². The maximum atomic E-state index is 14.6. The molecule has 3 aromatic rings. The second-order valence-electron chi connectivity index (χ2n) is 8.11. The van der Waals surface area contributed by atoms with Crippen LogP contribution in [0.3, 0.4) is 0 Å². The summed E-state index contributed by atoms with van der Waals surface area (Å²) in [5.41, 5.74) is 0.864. The van der Waals surface area contributed by atoms with Crippen molar-refractivity contribution in [1.29, 1.82) is 0 Å². The fourth-order valence-corrected chi connectivity index (χ4v) is 5.77. The first-order valence-corrected chi connectivity index (χ1v) is 11.5. The van der Waals surface area contributed by atoms with Crippen molar-refractivity contribution in [2.45, 2.75) is 40.9 Å². The summed E-state index contributed by atoms with van der Waals surface area (Å²) in [6, 6.07) is 21.7.